The molecule has 0 saturated carbocycles. The van der Waals surface area contributed by atoms with Gasteiger partial charge in [-0.15, -0.1) is 0 Å². The second kappa shape index (κ2) is 5.54. The average molecular weight is 332 g/mol. The Morgan fingerprint density at radius 1 is 1.00 bits per heavy atom. The van der Waals surface area contributed by atoms with Crippen molar-refractivity contribution in [2.45, 2.75) is 23.1 Å². The number of hydrogen-bond donors (Lipinski definition) is 0. The molecule has 0 atom stereocenters. The Balaban J connectivity index is 1.99. The second-order valence-corrected chi connectivity index (χ2v) is 7.62. The van der Waals surface area contributed by atoms with Crippen molar-refractivity contribution in [3.05, 3.63) is 47.9 Å². The van der Waals surface area contributed by atoms with Crippen LogP contribution in [0.15, 0.2) is 45.9 Å². The van der Waals surface area contributed by atoms with E-state index in [0.29, 0.717) is 5.69 Å². The molecule has 3 aromatic rings. The first-order valence-corrected chi connectivity index (χ1v) is 8.67. The molecule has 0 aliphatic rings. The van der Waals surface area contributed by atoms with Gasteiger partial charge in [0.1, 0.15) is 5.69 Å². The zero-order chi connectivity index (χ0) is 15.7. The molecule has 3 rings (SSSR count). The summed E-state index contributed by atoms with van der Waals surface area (Å²) in [5.41, 5.74) is 2.21. The summed E-state index contributed by atoms with van der Waals surface area (Å²) < 4.78 is 29.1. The third kappa shape index (κ3) is 2.75. The van der Waals surface area contributed by atoms with Crippen molar-refractivity contribution in [2.75, 3.05) is 0 Å². The van der Waals surface area contributed by atoms with Gasteiger partial charge in [-0.25, -0.2) is 18.4 Å². The van der Waals surface area contributed by atoms with Crippen LogP contribution >= 0.6 is 11.5 Å². The van der Waals surface area contributed by atoms with E-state index in [2.05, 4.69) is 19.3 Å². The number of hydrogen-bond acceptors (Lipinski definition) is 7. The third-order valence-corrected chi connectivity index (χ3v) is 5.82. The Kier molecular flexibility index (Phi) is 3.71. The van der Waals surface area contributed by atoms with E-state index in [4.69, 9.17) is 0 Å². The van der Waals surface area contributed by atoms with Crippen LogP contribution in [0.1, 0.15) is 11.3 Å². The summed E-state index contributed by atoms with van der Waals surface area (Å²) in [6, 6.07) is 6.63. The summed E-state index contributed by atoms with van der Waals surface area (Å²) in [5, 5.41) is 0. The highest BCUT2D eigenvalue weighted by atomic mass is 32.2. The van der Waals surface area contributed by atoms with Crippen molar-refractivity contribution in [3.8, 4) is 11.5 Å². The molecule has 0 bridgehead atoms. The van der Waals surface area contributed by atoms with Crippen molar-refractivity contribution in [1.82, 2.24) is 19.3 Å². The molecule has 0 amide bonds. The van der Waals surface area contributed by atoms with E-state index in [0.717, 1.165) is 22.8 Å². The molecule has 112 valence electrons. The van der Waals surface area contributed by atoms with Crippen LogP contribution in [-0.2, 0) is 9.84 Å². The van der Waals surface area contributed by atoms with Gasteiger partial charge < -0.3 is 0 Å². The lowest BCUT2D eigenvalue weighted by Crippen LogP contribution is -2.01. The maximum atomic E-state index is 12.5. The van der Waals surface area contributed by atoms with E-state index in [1.54, 1.807) is 30.5 Å². The van der Waals surface area contributed by atoms with Gasteiger partial charge in [-0.2, -0.15) is 4.37 Å². The van der Waals surface area contributed by atoms with Crippen LogP contribution in [0.2, 0.25) is 0 Å². The minimum absolute atomic E-state index is 0.0475. The zero-order valence-electron chi connectivity index (χ0n) is 11.9. The van der Waals surface area contributed by atoms with Gasteiger partial charge >= 0.3 is 0 Å². The van der Waals surface area contributed by atoms with Crippen molar-refractivity contribution in [1.29, 1.82) is 0 Å². The molecular formula is C14H12N4O2S2. The number of aromatic nitrogens is 4. The van der Waals surface area contributed by atoms with E-state index >= 15 is 0 Å². The van der Waals surface area contributed by atoms with E-state index in [1.807, 2.05) is 13.8 Å². The molecule has 2 aromatic heterocycles. The largest absolute Gasteiger partial charge is 0.258 e. The molecule has 22 heavy (non-hydrogen) atoms. The van der Waals surface area contributed by atoms with Gasteiger partial charge in [0.25, 0.3) is 0 Å². The summed E-state index contributed by atoms with van der Waals surface area (Å²) in [7, 11) is -3.65. The number of aryl methyl sites for hydroxylation is 2. The number of sulfone groups is 1. The molecule has 2 heterocycles. The van der Waals surface area contributed by atoms with E-state index in [-0.39, 0.29) is 15.1 Å². The Morgan fingerprint density at radius 2 is 1.73 bits per heavy atom. The summed E-state index contributed by atoms with van der Waals surface area (Å²) in [6.07, 6.45) is 3.12. The summed E-state index contributed by atoms with van der Waals surface area (Å²) in [4.78, 5) is 12.6. The molecular weight excluding hydrogens is 320 g/mol. The van der Waals surface area contributed by atoms with Gasteiger partial charge in [-0.05, 0) is 37.5 Å². The van der Waals surface area contributed by atoms with Gasteiger partial charge in [-0.3, -0.25) is 4.98 Å². The van der Waals surface area contributed by atoms with E-state index in [1.165, 1.54) is 6.20 Å². The maximum Gasteiger partial charge on any atom is 0.235 e. The van der Waals surface area contributed by atoms with Crippen molar-refractivity contribution < 1.29 is 8.42 Å². The monoisotopic (exact) mass is 332 g/mol. The molecule has 8 heteroatoms. The number of benzene rings is 1. The average Bonchev–Trinajstić information content (AvgIpc) is 2.99. The van der Waals surface area contributed by atoms with Crippen LogP contribution in [0.25, 0.3) is 11.5 Å². The Morgan fingerprint density at radius 3 is 2.36 bits per heavy atom. The molecule has 0 radical (unpaired) electrons. The van der Waals surface area contributed by atoms with Crippen LogP contribution < -0.4 is 0 Å². The summed E-state index contributed by atoms with van der Waals surface area (Å²) in [6.45, 7) is 3.72. The van der Waals surface area contributed by atoms with Crippen LogP contribution in [-0.4, -0.2) is 27.7 Å². The molecule has 0 unspecified atom stereocenters. The predicted octanol–water partition coefficient (Wildman–Crippen LogP) is 2.44. The standard InChI is InChI=1S/C14H12N4O2S2/c1-9-3-5-11(6-4-9)22(19,20)14-17-13(18-21-14)12-8-15-10(2)7-16-12/h3-8H,1-2H3. The lowest BCUT2D eigenvalue weighted by atomic mass is 10.2. The molecule has 1 aromatic carbocycles. The quantitative estimate of drug-likeness (QED) is 0.732. The van der Waals surface area contributed by atoms with Gasteiger partial charge in [0.15, 0.2) is 5.82 Å². The highest BCUT2D eigenvalue weighted by Crippen LogP contribution is 2.25. The SMILES string of the molecule is Cc1ccc(S(=O)(=O)c2nc(-c3cnc(C)cn3)ns2)cc1. The first kappa shape index (κ1) is 14.7. The van der Waals surface area contributed by atoms with E-state index in [9.17, 15) is 8.42 Å². The number of rotatable bonds is 3. The highest BCUT2D eigenvalue weighted by Gasteiger charge is 2.23. The molecule has 6 nitrogen and oxygen atoms in total. The van der Waals surface area contributed by atoms with Crippen LogP contribution in [0.5, 0.6) is 0 Å². The fraction of sp³-hybridized carbons (Fsp3) is 0.143. The third-order valence-electron chi connectivity index (χ3n) is 2.98. The van der Waals surface area contributed by atoms with Crippen molar-refractivity contribution >= 4 is 21.4 Å². The molecule has 0 saturated heterocycles. The molecule has 0 aliphatic heterocycles. The van der Waals surface area contributed by atoms with Gasteiger partial charge in [0.05, 0.1) is 16.8 Å². The predicted molar refractivity (Wildman–Crippen MR) is 82.3 cm³/mol. The lowest BCUT2D eigenvalue weighted by molar-refractivity contribution is 0.595. The molecule has 0 spiro atoms. The fourth-order valence-corrected chi connectivity index (χ4v) is 3.87. The van der Waals surface area contributed by atoms with Crippen LogP contribution in [0.3, 0.4) is 0 Å². The minimum Gasteiger partial charge on any atom is -0.258 e. The Labute approximate surface area is 132 Å². The number of nitrogens with zero attached hydrogens (tertiary/aromatic N) is 4. The fourth-order valence-electron chi connectivity index (χ4n) is 1.75. The minimum atomic E-state index is -3.65. The normalized spacial score (nSPS) is 11.5. The zero-order valence-corrected chi connectivity index (χ0v) is 13.5. The maximum absolute atomic E-state index is 12.5. The van der Waals surface area contributed by atoms with Crippen molar-refractivity contribution in [2.24, 2.45) is 0 Å². The van der Waals surface area contributed by atoms with Crippen molar-refractivity contribution in [3.63, 3.8) is 0 Å². The molecule has 0 aliphatic carbocycles. The topological polar surface area (TPSA) is 85.7 Å². The first-order chi connectivity index (χ1) is 10.5. The molecule has 0 N–H and O–H groups in total. The van der Waals surface area contributed by atoms with Crippen LogP contribution in [0, 0.1) is 13.8 Å². The highest BCUT2D eigenvalue weighted by molar-refractivity contribution is 7.93. The summed E-state index contributed by atoms with van der Waals surface area (Å²) >= 11 is 0.838. The molecule has 0 fully saturated rings. The Bertz CT molecular complexity index is 901. The van der Waals surface area contributed by atoms with Gasteiger partial charge in [0.2, 0.25) is 14.2 Å². The van der Waals surface area contributed by atoms with Crippen LogP contribution in [0.4, 0.5) is 0 Å². The first-order valence-electron chi connectivity index (χ1n) is 6.41. The second-order valence-electron chi connectivity index (χ2n) is 4.74. The lowest BCUT2D eigenvalue weighted by Gasteiger charge is -2.00. The van der Waals surface area contributed by atoms with E-state index < -0.39 is 9.84 Å². The van der Waals surface area contributed by atoms with Gasteiger partial charge in [-0.1, -0.05) is 17.7 Å². The smallest absolute Gasteiger partial charge is 0.235 e. The Hall–Kier alpha value is -2.19. The summed E-state index contributed by atoms with van der Waals surface area (Å²) in [5.74, 6) is 0.267. The van der Waals surface area contributed by atoms with Gasteiger partial charge in [0, 0.05) is 6.20 Å².